The van der Waals surface area contributed by atoms with Crippen LogP contribution < -0.4 is 4.90 Å². The standard InChI is InChI=1S/C43H37NO/c1-42(2,3)37-19-11-16-32-34-27-31(25-26-39(34)45-41(32)37)44(30-23-21-29(22-24-30)28-13-7-6-8-14-28)38-20-12-18-36-40(38)33-15-9-10-17-35(33)43(36,4)5/h6-27H,1-5H3. The van der Waals surface area contributed by atoms with Crippen molar-refractivity contribution < 1.29 is 4.42 Å². The summed E-state index contributed by atoms with van der Waals surface area (Å²) in [5, 5.41) is 2.29. The first-order chi connectivity index (χ1) is 21.7. The van der Waals surface area contributed by atoms with Crippen LogP contribution in [0.5, 0.6) is 0 Å². The zero-order chi connectivity index (χ0) is 30.9. The molecule has 2 heteroatoms. The average molecular weight is 584 g/mol. The molecule has 220 valence electrons. The summed E-state index contributed by atoms with van der Waals surface area (Å²) in [5.74, 6) is 0. The minimum atomic E-state index is -0.0845. The molecular formula is C43H37NO. The van der Waals surface area contributed by atoms with Gasteiger partial charge in [-0.2, -0.15) is 0 Å². The van der Waals surface area contributed by atoms with Crippen LogP contribution in [-0.2, 0) is 10.8 Å². The molecule has 0 spiro atoms. The smallest absolute Gasteiger partial charge is 0.139 e. The normalized spacial score (nSPS) is 13.6. The lowest BCUT2D eigenvalue weighted by Crippen LogP contribution is -2.16. The van der Waals surface area contributed by atoms with Gasteiger partial charge in [0, 0.05) is 38.7 Å². The molecule has 0 saturated heterocycles. The molecule has 0 bridgehead atoms. The number of fused-ring (bicyclic) bond motifs is 6. The van der Waals surface area contributed by atoms with Crippen molar-refractivity contribution in [2.24, 2.45) is 0 Å². The van der Waals surface area contributed by atoms with Crippen molar-refractivity contribution in [3.63, 3.8) is 0 Å². The Kier molecular flexibility index (Phi) is 6.09. The number of anilines is 3. The first-order valence-electron chi connectivity index (χ1n) is 15.9. The molecule has 0 amide bonds. The molecule has 7 aromatic rings. The molecule has 1 aliphatic carbocycles. The SMILES string of the molecule is CC(C)(C)c1cccc2c1oc1ccc(N(c3ccc(-c4ccccc4)cc3)c3cccc4c3-c3ccccc3C4(C)C)cc12. The number of rotatable bonds is 4. The second kappa shape index (κ2) is 9.97. The van der Waals surface area contributed by atoms with Gasteiger partial charge in [-0.25, -0.2) is 0 Å². The maximum Gasteiger partial charge on any atom is 0.139 e. The third kappa shape index (κ3) is 4.31. The molecule has 0 aliphatic heterocycles. The van der Waals surface area contributed by atoms with Crippen molar-refractivity contribution in [1.82, 2.24) is 0 Å². The predicted octanol–water partition coefficient (Wildman–Crippen LogP) is 12.3. The topological polar surface area (TPSA) is 16.4 Å². The third-order valence-corrected chi connectivity index (χ3v) is 9.61. The number of nitrogens with zero attached hydrogens (tertiary/aromatic N) is 1. The van der Waals surface area contributed by atoms with Gasteiger partial charge in [-0.15, -0.1) is 0 Å². The van der Waals surface area contributed by atoms with Crippen LogP contribution in [-0.4, -0.2) is 0 Å². The van der Waals surface area contributed by atoms with Crippen LogP contribution in [0.15, 0.2) is 138 Å². The molecule has 0 saturated carbocycles. The summed E-state index contributed by atoms with van der Waals surface area (Å²) < 4.78 is 6.55. The van der Waals surface area contributed by atoms with E-state index in [2.05, 4.69) is 173 Å². The fourth-order valence-electron chi connectivity index (χ4n) is 7.30. The molecule has 6 aromatic carbocycles. The Morgan fingerprint density at radius 2 is 1.24 bits per heavy atom. The van der Waals surface area contributed by atoms with Crippen LogP contribution >= 0.6 is 0 Å². The van der Waals surface area contributed by atoms with Crippen LogP contribution in [0.1, 0.15) is 51.3 Å². The van der Waals surface area contributed by atoms with E-state index in [1.54, 1.807) is 0 Å². The van der Waals surface area contributed by atoms with E-state index < -0.39 is 0 Å². The quantitative estimate of drug-likeness (QED) is 0.205. The molecule has 8 rings (SSSR count). The largest absolute Gasteiger partial charge is 0.456 e. The monoisotopic (exact) mass is 583 g/mol. The highest BCUT2D eigenvalue weighted by molar-refractivity contribution is 6.08. The molecular weight excluding hydrogens is 546 g/mol. The van der Waals surface area contributed by atoms with Gasteiger partial charge in [0.15, 0.2) is 0 Å². The van der Waals surface area contributed by atoms with Crippen LogP contribution in [0.25, 0.3) is 44.2 Å². The van der Waals surface area contributed by atoms with Crippen LogP contribution in [0.3, 0.4) is 0 Å². The maximum atomic E-state index is 6.55. The van der Waals surface area contributed by atoms with Crippen molar-refractivity contribution >= 4 is 39.0 Å². The summed E-state index contributed by atoms with van der Waals surface area (Å²) >= 11 is 0. The average Bonchev–Trinajstić information content (AvgIpc) is 3.54. The number of benzene rings is 6. The van der Waals surface area contributed by atoms with Gasteiger partial charge >= 0.3 is 0 Å². The lowest BCUT2D eigenvalue weighted by atomic mass is 9.82. The summed E-state index contributed by atoms with van der Waals surface area (Å²) in [5.41, 5.74) is 14.2. The zero-order valence-electron chi connectivity index (χ0n) is 26.6. The van der Waals surface area contributed by atoms with E-state index in [4.69, 9.17) is 4.42 Å². The summed E-state index contributed by atoms with van der Waals surface area (Å²) in [6.45, 7) is 11.4. The molecule has 45 heavy (non-hydrogen) atoms. The summed E-state index contributed by atoms with van der Waals surface area (Å²) in [6, 6.07) is 48.5. The zero-order valence-corrected chi connectivity index (χ0v) is 26.6. The van der Waals surface area contributed by atoms with Gasteiger partial charge in [-0.3, -0.25) is 0 Å². The maximum absolute atomic E-state index is 6.55. The Hall–Kier alpha value is -5.08. The minimum Gasteiger partial charge on any atom is -0.456 e. The molecule has 1 heterocycles. The van der Waals surface area contributed by atoms with E-state index in [1.807, 2.05) is 0 Å². The van der Waals surface area contributed by atoms with E-state index in [0.717, 1.165) is 33.3 Å². The highest BCUT2D eigenvalue weighted by Crippen LogP contribution is 2.54. The van der Waals surface area contributed by atoms with E-state index in [9.17, 15) is 0 Å². The van der Waals surface area contributed by atoms with Gasteiger partial charge in [-0.1, -0.05) is 132 Å². The van der Waals surface area contributed by atoms with Gasteiger partial charge in [-0.05, 0) is 69.6 Å². The minimum absolute atomic E-state index is 0.0203. The number of hydrogen-bond donors (Lipinski definition) is 0. The number of furan rings is 1. The Balaban J connectivity index is 1.37. The van der Waals surface area contributed by atoms with E-state index in [-0.39, 0.29) is 10.8 Å². The van der Waals surface area contributed by atoms with Gasteiger partial charge in [0.1, 0.15) is 11.2 Å². The molecule has 1 aromatic heterocycles. The Morgan fingerprint density at radius 3 is 2.02 bits per heavy atom. The second-order valence-electron chi connectivity index (χ2n) is 13.8. The summed E-state index contributed by atoms with van der Waals surface area (Å²) in [4.78, 5) is 2.43. The van der Waals surface area contributed by atoms with E-state index in [1.165, 1.54) is 44.6 Å². The fourth-order valence-corrected chi connectivity index (χ4v) is 7.30. The summed E-state index contributed by atoms with van der Waals surface area (Å²) in [6.07, 6.45) is 0. The molecule has 0 N–H and O–H groups in total. The van der Waals surface area contributed by atoms with Crippen molar-refractivity contribution in [2.75, 3.05) is 4.90 Å². The molecule has 0 unspecified atom stereocenters. The van der Waals surface area contributed by atoms with Gasteiger partial charge in [0.25, 0.3) is 0 Å². The predicted molar refractivity (Wildman–Crippen MR) is 190 cm³/mol. The Bertz CT molecular complexity index is 2210. The molecule has 0 radical (unpaired) electrons. The third-order valence-electron chi connectivity index (χ3n) is 9.61. The molecule has 1 aliphatic rings. The van der Waals surface area contributed by atoms with E-state index in [0.29, 0.717) is 0 Å². The number of para-hydroxylation sites is 1. The van der Waals surface area contributed by atoms with Crippen LogP contribution in [0, 0.1) is 0 Å². The van der Waals surface area contributed by atoms with Crippen molar-refractivity contribution in [1.29, 1.82) is 0 Å². The van der Waals surface area contributed by atoms with Gasteiger partial charge < -0.3 is 9.32 Å². The first-order valence-corrected chi connectivity index (χ1v) is 15.9. The van der Waals surface area contributed by atoms with Gasteiger partial charge in [0.05, 0.1) is 5.69 Å². The lowest BCUT2D eigenvalue weighted by molar-refractivity contribution is 0.573. The molecule has 2 nitrogen and oxygen atoms in total. The highest BCUT2D eigenvalue weighted by atomic mass is 16.3. The van der Waals surface area contributed by atoms with Crippen molar-refractivity contribution in [3.05, 3.63) is 150 Å². The summed E-state index contributed by atoms with van der Waals surface area (Å²) in [7, 11) is 0. The van der Waals surface area contributed by atoms with Crippen LogP contribution in [0.4, 0.5) is 17.1 Å². The molecule has 0 fully saturated rings. The Labute approximate surface area is 265 Å². The number of hydrogen-bond acceptors (Lipinski definition) is 2. The second-order valence-corrected chi connectivity index (χ2v) is 13.8. The Morgan fingerprint density at radius 1 is 0.578 bits per heavy atom. The lowest BCUT2D eigenvalue weighted by Gasteiger charge is -2.29. The fraction of sp³-hybridized carbons (Fsp3) is 0.163. The first kappa shape index (κ1) is 27.5. The molecule has 0 atom stereocenters. The van der Waals surface area contributed by atoms with E-state index >= 15 is 0 Å². The highest BCUT2D eigenvalue weighted by Gasteiger charge is 2.37. The van der Waals surface area contributed by atoms with Crippen molar-refractivity contribution in [2.45, 2.75) is 45.4 Å². The van der Waals surface area contributed by atoms with Crippen LogP contribution in [0.2, 0.25) is 0 Å². The van der Waals surface area contributed by atoms with Crippen molar-refractivity contribution in [3.8, 4) is 22.3 Å². The van der Waals surface area contributed by atoms with Gasteiger partial charge in [0.2, 0.25) is 0 Å².